The minimum Gasteiger partial charge on any atom is -0.316 e. The first kappa shape index (κ1) is 14.7. The van der Waals surface area contributed by atoms with Gasteiger partial charge in [-0.3, -0.25) is 0 Å². The van der Waals surface area contributed by atoms with Gasteiger partial charge in [-0.1, -0.05) is 55.3 Å². The summed E-state index contributed by atoms with van der Waals surface area (Å²) in [6.45, 7) is 8.92. The molecule has 1 rings (SSSR count). The number of halogens is 1. The van der Waals surface area contributed by atoms with Crippen molar-refractivity contribution in [3.63, 3.8) is 0 Å². The van der Waals surface area contributed by atoms with Crippen molar-refractivity contribution < 1.29 is 0 Å². The van der Waals surface area contributed by atoms with Crippen LogP contribution in [0.5, 0.6) is 0 Å². The zero-order valence-corrected chi connectivity index (χ0v) is 12.8. The Labute approximate surface area is 114 Å². The van der Waals surface area contributed by atoms with Gasteiger partial charge in [-0.15, -0.1) is 0 Å². The molecule has 0 spiro atoms. The fourth-order valence-corrected chi connectivity index (χ4v) is 2.31. The van der Waals surface area contributed by atoms with E-state index in [1.807, 2.05) is 0 Å². The predicted molar refractivity (Wildman–Crippen MR) is 79.5 cm³/mol. The molecule has 2 heteroatoms. The molecule has 0 radical (unpaired) electrons. The third kappa shape index (κ3) is 5.22. The summed E-state index contributed by atoms with van der Waals surface area (Å²) in [5, 5.41) is 3.48. The van der Waals surface area contributed by atoms with E-state index < -0.39 is 0 Å². The molecule has 1 aromatic rings. The van der Waals surface area contributed by atoms with Crippen LogP contribution in [0.15, 0.2) is 28.7 Å². The van der Waals surface area contributed by atoms with Crippen LogP contribution >= 0.6 is 15.9 Å². The van der Waals surface area contributed by atoms with Crippen LogP contribution in [0.25, 0.3) is 0 Å². The van der Waals surface area contributed by atoms with Crippen LogP contribution in [0, 0.1) is 5.92 Å². The lowest BCUT2D eigenvalue weighted by Crippen LogP contribution is -2.22. The van der Waals surface area contributed by atoms with Crippen molar-refractivity contribution in [2.45, 2.75) is 39.5 Å². The Kier molecular flexibility index (Phi) is 6.83. The topological polar surface area (TPSA) is 12.0 Å². The van der Waals surface area contributed by atoms with Gasteiger partial charge in [0.05, 0.1) is 0 Å². The quantitative estimate of drug-likeness (QED) is 0.777. The van der Waals surface area contributed by atoms with Crippen LogP contribution in [0.3, 0.4) is 0 Å². The van der Waals surface area contributed by atoms with E-state index in [2.05, 4.69) is 66.3 Å². The maximum Gasteiger partial charge on any atom is 0.0175 e. The number of nitrogens with one attached hydrogen (secondary N) is 1. The van der Waals surface area contributed by atoms with Gasteiger partial charge in [-0.05, 0) is 42.5 Å². The fraction of sp³-hybridized carbons (Fsp3) is 0.600. The first-order valence-corrected chi connectivity index (χ1v) is 7.42. The summed E-state index contributed by atoms with van der Waals surface area (Å²) in [6, 6.07) is 8.78. The zero-order valence-electron chi connectivity index (χ0n) is 11.2. The van der Waals surface area contributed by atoms with Gasteiger partial charge >= 0.3 is 0 Å². The SMILES string of the molecule is CCNCC(CC(C)CC)c1ccc(Br)cc1. The normalized spacial score (nSPS) is 14.6. The molecule has 0 saturated carbocycles. The molecule has 17 heavy (non-hydrogen) atoms. The zero-order chi connectivity index (χ0) is 12.7. The van der Waals surface area contributed by atoms with Gasteiger partial charge < -0.3 is 5.32 Å². The van der Waals surface area contributed by atoms with Gasteiger partial charge in [0.25, 0.3) is 0 Å². The van der Waals surface area contributed by atoms with Crippen LogP contribution in [0.2, 0.25) is 0 Å². The van der Waals surface area contributed by atoms with Gasteiger partial charge in [0.15, 0.2) is 0 Å². The summed E-state index contributed by atoms with van der Waals surface area (Å²) in [7, 11) is 0. The molecule has 0 bridgehead atoms. The molecular weight excluding hydrogens is 274 g/mol. The Morgan fingerprint density at radius 1 is 1.18 bits per heavy atom. The van der Waals surface area contributed by atoms with Gasteiger partial charge in [0.1, 0.15) is 0 Å². The van der Waals surface area contributed by atoms with E-state index in [0.29, 0.717) is 5.92 Å². The molecule has 2 unspecified atom stereocenters. The van der Waals surface area contributed by atoms with Crippen LogP contribution in [-0.2, 0) is 0 Å². The third-order valence-electron chi connectivity index (χ3n) is 3.37. The lowest BCUT2D eigenvalue weighted by atomic mass is 9.88. The van der Waals surface area contributed by atoms with Crippen molar-refractivity contribution in [3.05, 3.63) is 34.3 Å². The number of likely N-dealkylation sites (N-methyl/N-ethyl adjacent to an activating group) is 1. The lowest BCUT2D eigenvalue weighted by Gasteiger charge is -2.21. The molecular formula is C15H24BrN. The molecule has 1 aromatic carbocycles. The molecule has 1 N–H and O–H groups in total. The number of benzene rings is 1. The molecule has 0 amide bonds. The van der Waals surface area contributed by atoms with Crippen LogP contribution in [0.4, 0.5) is 0 Å². The van der Waals surface area contributed by atoms with Crippen molar-refractivity contribution in [2.75, 3.05) is 13.1 Å². The highest BCUT2D eigenvalue weighted by atomic mass is 79.9. The molecule has 0 heterocycles. The van der Waals surface area contributed by atoms with E-state index >= 15 is 0 Å². The van der Waals surface area contributed by atoms with Crippen molar-refractivity contribution in [1.82, 2.24) is 5.32 Å². The van der Waals surface area contributed by atoms with Crippen LogP contribution < -0.4 is 5.32 Å². The van der Waals surface area contributed by atoms with Crippen LogP contribution in [0.1, 0.15) is 45.1 Å². The summed E-state index contributed by atoms with van der Waals surface area (Å²) in [4.78, 5) is 0. The highest BCUT2D eigenvalue weighted by molar-refractivity contribution is 9.10. The summed E-state index contributed by atoms with van der Waals surface area (Å²) >= 11 is 3.50. The fourth-order valence-electron chi connectivity index (χ4n) is 2.04. The molecule has 0 aliphatic heterocycles. The molecule has 2 atom stereocenters. The molecule has 0 saturated heterocycles. The predicted octanol–water partition coefficient (Wildman–Crippen LogP) is 4.58. The van der Waals surface area contributed by atoms with E-state index in [0.717, 1.165) is 23.5 Å². The monoisotopic (exact) mass is 297 g/mol. The van der Waals surface area contributed by atoms with Crippen molar-refractivity contribution in [1.29, 1.82) is 0 Å². The second kappa shape index (κ2) is 7.88. The Hall–Kier alpha value is -0.340. The minimum atomic E-state index is 0.637. The number of hydrogen-bond donors (Lipinski definition) is 1. The van der Waals surface area contributed by atoms with Gasteiger partial charge in [-0.2, -0.15) is 0 Å². The van der Waals surface area contributed by atoms with Gasteiger partial charge in [0, 0.05) is 11.0 Å². The summed E-state index contributed by atoms with van der Waals surface area (Å²) in [5.74, 6) is 1.43. The Morgan fingerprint density at radius 2 is 1.82 bits per heavy atom. The smallest absolute Gasteiger partial charge is 0.0175 e. The van der Waals surface area contributed by atoms with E-state index in [9.17, 15) is 0 Å². The molecule has 1 nitrogen and oxygen atoms in total. The largest absolute Gasteiger partial charge is 0.316 e. The van der Waals surface area contributed by atoms with E-state index in [-0.39, 0.29) is 0 Å². The first-order chi connectivity index (χ1) is 8.17. The van der Waals surface area contributed by atoms with Gasteiger partial charge in [-0.25, -0.2) is 0 Å². The Bertz CT molecular complexity index is 307. The standard InChI is InChI=1S/C15H24BrN/c1-4-12(3)10-14(11-17-5-2)13-6-8-15(16)9-7-13/h6-9,12,14,17H,4-5,10-11H2,1-3H3. The summed E-state index contributed by atoms with van der Waals surface area (Å²) in [6.07, 6.45) is 2.53. The van der Waals surface area contributed by atoms with E-state index in [4.69, 9.17) is 0 Å². The molecule has 0 aliphatic carbocycles. The molecule has 0 aromatic heterocycles. The second-order valence-corrected chi connectivity index (χ2v) is 5.72. The third-order valence-corrected chi connectivity index (χ3v) is 3.89. The molecule has 0 aliphatic rings. The van der Waals surface area contributed by atoms with Crippen molar-refractivity contribution in [3.8, 4) is 0 Å². The van der Waals surface area contributed by atoms with Gasteiger partial charge in [0.2, 0.25) is 0 Å². The van der Waals surface area contributed by atoms with E-state index in [1.165, 1.54) is 18.4 Å². The Balaban J connectivity index is 2.70. The average molecular weight is 298 g/mol. The van der Waals surface area contributed by atoms with Crippen LogP contribution in [-0.4, -0.2) is 13.1 Å². The Morgan fingerprint density at radius 3 is 2.35 bits per heavy atom. The number of hydrogen-bond acceptors (Lipinski definition) is 1. The average Bonchev–Trinajstić information content (AvgIpc) is 2.35. The first-order valence-electron chi connectivity index (χ1n) is 6.63. The number of rotatable bonds is 7. The maximum atomic E-state index is 3.50. The molecule has 0 fully saturated rings. The lowest BCUT2D eigenvalue weighted by molar-refractivity contribution is 0.438. The summed E-state index contributed by atoms with van der Waals surface area (Å²) < 4.78 is 1.16. The maximum absolute atomic E-state index is 3.50. The highest BCUT2D eigenvalue weighted by Gasteiger charge is 2.14. The van der Waals surface area contributed by atoms with Crippen molar-refractivity contribution in [2.24, 2.45) is 5.92 Å². The van der Waals surface area contributed by atoms with E-state index in [1.54, 1.807) is 0 Å². The molecule has 96 valence electrons. The van der Waals surface area contributed by atoms with Crippen molar-refractivity contribution >= 4 is 15.9 Å². The minimum absolute atomic E-state index is 0.637. The highest BCUT2D eigenvalue weighted by Crippen LogP contribution is 2.26. The summed E-state index contributed by atoms with van der Waals surface area (Å²) in [5.41, 5.74) is 1.45. The second-order valence-electron chi connectivity index (χ2n) is 4.81.